The maximum absolute atomic E-state index is 12.7. The number of aliphatic hydroxyl groups excluding tert-OH is 1. The Morgan fingerprint density at radius 1 is 1.30 bits per heavy atom. The van der Waals surface area contributed by atoms with Gasteiger partial charge in [0.05, 0.1) is 0 Å². The van der Waals surface area contributed by atoms with E-state index in [1.165, 1.54) is 6.07 Å². The fraction of sp³-hybridized carbons (Fsp3) is 0.636. The third-order valence-corrected chi connectivity index (χ3v) is 3.00. The number of halogens is 3. The van der Waals surface area contributed by atoms with Crippen LogP contribution in [0.1, 0.15) is 32.5 Å². The fourth-order valence-corrected chi connectivity index (χ4v) is 1.60. The van der Waals surface area contributed by atoms with E-state index in [0.29, 0.717) is 12.8 Å². The monoisotopic (exact) mass is 293 g/mol. The lowest BCUT2D eigenvalue weighted by molar-refractivity contribution is -0.144. The standard InChI is InChI=1S/C11H18F3N5O/c1-3-10(2,4-5-20)18-7-6-8(19-15)17-9(16-7)11(12,13)14/h6,20H,3-5,15H2,1-2H3,(H2,16,17,18,19). The zero-order valence-corrected chi connectivity index (χ0v) is 11.3. The Labute approximate surface area is 114 Å². The molecule has 6 nitrogen and oxygen atoms in total. The summed E-state index contributed by atoms with van der Waals surface area (Å²) in [5.74, 6) is 3.69. The first-order valence-corrected chi connectivity index (χ1v) is 6.06. The maximum Gasteiger partial charge on any atom is 0.451 e. The van der Waals surface area contributed by atoms with Gasteiger partial charge in [-0.15, -0.1) is 0 Å². The molecule has 5 N–H and O–H groups in total. The Morgan fingerprint density at radius 3 is 2.35 bits per heavy atom. The van der Waals surface area contributed by atoms with Crippen molar-refractivity contribution in [3.63, 3.8) is 0 Å². The number of hydrazine groups is 1. The predicted octanol–water partition coefficient (Wildman–Crippen LogP) is 1.74. The van der Waals surface area contributed by atoms with Gasteiger partial charge >= 0.3 is 6.18 Å². The molecule has 0 aliphatic carbocycles. The van der Waals surface area contributed by atoms with Crippen molar-refractivity contribution in [2.24, 2.45) is 5.84 Å². The van der Waals surface area contributed by atoms with Gasteiger partial charge in [0.2, 0.25) is 5.82 Å². The number of hydrogen-bond donors (Lipinski definition) is 4. The van der Waals surface area contributed by atoms with Gasteiger partial charge in [0.25, 0.3) is 0 Å². The van der Waals surface area contributed by atoms with E-state index in [4.69, 9.17) is 10.9 Å². The number of rotatable bonds is 6. The first-order chi connectivity index (χ1) is 9.24. The summed E-state index contributed by atoms with van der Waals surface area (Å²) in [6.07, 6.45) is -3.69. The van der Waals surface area contributed by atoms with Crippen molar-refractivity contribution in [2.75, 3.05) is 17.3 Å². The van der Waals surface area contributed by atoms with Gasteiger partial charge in [0.15, 0.2) is 0 Å². The van der Waals surface area contributed by atoms with E-state index < -0.39 is 17.5 Å². The SMILES string of the molecule is CCC(C)(CCO)Nc1cc(NN)nc(C(F)(F)F)n1. The Balaban J connectivity index is 3.11. The second kappa shape index (κ2) is 6.23. The summed E-state index contributed by atoms with van der Waals surface area (Å²) in [4.78, 5) is 6.71. The minimum Gasteiger partial charge on any atom is -0.396 e. The molecule has 0 radical (unpaired) electrons. The van der Waals surface area contributed by atoms with Crippen LogP contribution in [0.25, 0.3) is 0 Å². The predicted molar refractivity (Wildman–Crippen MR) is 68.9 cm³/mol. The molecule has 0 aliphatic heterocycles. The van der Waals surface area contributed by atoms with Gasteiger partial charge in [-0.25, -0.2) is 15.8 Å². The number of alkyl halides is 3. The number of nitrogens with zero attached hydrogens (tertiary/aromatic N) is 2. The normalized spacial score (nSPS) is 14.8. The molecule has 0 saturated carbocycles. The highest BCUT2D eigenvalue weighted by Crippen LogP contribution is 2.29. The number of nitrogens with two attached hydrogens (primary N) is 1. The van der Waals surface area contributed by atoms with E-state index >= 15 is 0 Å². The number of aromatic nitrogens is 2. The van der Waals surface area contributed by atoms with E-state index in [1.807, 2.05) is 6.92 Å². The van der Waals surface area contributed by atoms with Crippen LogP contribution >= 0.6 is 0 Å². The lowest BCUT2D eigenvalue weighted by Gasteiger charge is -2.29. The van der Waals surface area contributed by atoms with Crippen LogP contribution in [0.5, 0.6) is 0 Å². The molecule has 1 aromatic rings. The third-order valence-electron chi connectivity index (χ3n) is 3.00. The summed E-state index contributed by atoms with van der Waals surface area (Å²) in [5, 5.41) is 11.9. The third kappa shape index (κ3) is 4.20. The molecule has 1 atom stereocenters. The molecular formula is C11H18F3N5O. The summed E-state index contributed by atoms with van der Waals surface area (Å²) in [7, 11) is 0. The summed E-state index contributed by atoms with van der Waals surface area (Å²) in [6, 6.07) is 1.28. The van der Waals surface area contributed by atoms with Crippen LogP contribution in [-0.2, 0) is 6.18 Å². The van der Waals surface area contributed by atoms with Gasteiger partial charge in [-0.1, -0.05) is 6.92 Å². The fourth-order valence-electron chi connectivity index (χ4n) is 1.60. The zero-order valence-electron chi connectivity index (χ0n) is 11.3. The van der Waals surface area contributed by atoms with E-state index in [2.05, 4.69) is 20.7 Å². The van der Waals surface area contributed by atoms with Gasteiger partial charge in [-0.05, 0) is 19.8 Å². The highest BCUT2D eigenvalue weighted by atomic mass is 19.4. The molecule has 0 amide bonds. The number of aliphatic hydroxyl groups is 1. The molecule has 0 aliphatic rings. The molecule has 0 fully saturated rings. The first-order valence-electron chi connectivity index (χ1n) is 6.06. The smallest absolute Gasteiger partial charge is 0.396 e. The molecule has 1 heterocycles. The minimum atomic E-state index is -4.66. The van der Waals surface area contributed by atoms with Gasteiger partial charge in [-0.3, -0.25) is 0 Å². The lowest BCUT2D eigenvalue weighted by Crippen LogP contribution is -2.35. The van der Waals surface area contributed by atoms with E-state index in [9.17, 15) is 13.2 Å². The van der Waals surface area contributed by atoms with Gasteiger partial charge in [-0.2, -0.15) is 13.2 Å². The van der Waals surface area contributed by atoms with Crippen LogP contribution in [-0.4, -0.2) is 27.2 Å². The number of nitrogen functional groups attached to an aromatic ring is 1. The Hall–Kier alpha value is -1.61. The van der Waals surface area contributed by atoms with Gasteiger partial charge < -0.3 is 15.8 Å². The average Bonchev–Trinajstić information content (AvgIpc) is 2.37. The summed E-state index contributed by atoms with van der Waals surface area (Å²) in [6.45, 7) is 3.56. The van der Waals surface area contributed by atoms with Crippen LogP contribution < -0.4 is 16.6 Å². The van der Waals surface area contributed by atoms with Crippen LogP contribution in [0.3, 0.4) is 0 Å². The maximum atomic E-state index is 12.7. The van der Waals surface area contributed by atoms with Crippen LogP contribution in [0, 0.1) is 0 Å². The average molecular weight is 293 g/mol. The molecule has 1 unspecified atom stereocenters. The van der Waals surface area contributed by atoms with Crippen molar-refractivity contribution in [2.45, 2.75) is 38.4 Å². The number of hydrogen-bond acceptors (Lipinski definition) is 6. The van der Waals surface area contributed by atoms with E-state index in [-0.39, 0.29) is 18.2 Å². The molecule has 1 aromatic heterocycles. The van der Waals surface area contributed by atoms with Crippen molar-refractivity contribution < 1.29 is 18.3 Å². The highest BCUT2D eigenvalue weighted by molar-refractivity contribution is 5.48. The molecule has 114 valence electrons. The van der Waals surface area contributed by atoms with Crippen molar-refractivity contribution in [1.29, 1.82) is 0 Å². The topological polar surface area (TPSA) is 96.1 Å². The van der Waals surface area contributed by atoms with Crippen LogP contribution in [0.15, 0.2) is 6.07 Å². The largest absolute Gasteiger partial charge is 0.451 e. The number of nitrogens with one attached hydrogen (secondary N) is 2. The molecule has 9 heteroatoms. The Bertz CT molecular complexity index is 454. The Kier molecular flexibility index (Phi) is 5.12. The minimum absolute atomic E-state index is 0.00178. The molecular weight excluding hydrogens is 275 g/mol. The second-order valence-electron chi connectivity index (χ2n) is 4.62. The summed E-state index contributed by atoms with van der Waals surface area (Å²) < 4.78 is 38.1. The van der Waals surface area contributed by atoms with Gasteiger partial charge in [0, 0.05) is 18.2 Å². The van der Waals surface area contributed by atoms with E-state index in [0.717, 1.165) is 0 Å². The molecule has 0 aromatic carbocycles. The molecule has 1 rings (SSSR count). The molecule has 0 spiro atoms. The quantitative estimate of drug-likeness (QED) is 0.471. The number of anilines is 2. The summed E-state index contributed by atoms with van der Waals surface area (Å²) >= 11 is 0. The van der Waals surface area contributed by atoms with Gasteiger partial charge in [0.1, 0.15) is 11.6 Å². The highest BCUT2D eigenvalue weighted by Gasteiger charge is 2.36. The molecule has 0 bridgehead atoms. The summed E-state index contributed by atoms with van der Waals surface area (Å²) in [5.41, 5.74) is 1.50. The van der Waals surface area contributed by atoms with Crippen molar-refractivity contribution in [1.82, 2.24) is 9.97 Å². The van der Waals surface area contributed by atoms with Crippen LogP contribution in [0.2, 0.25) is 0 Å². The zero-order chi connectivity index (χ0) is 15.4. The first kappa shape index (κ1) is 16.4. The van der Waals surface area contributed by atoms with Crippen molar-refractivity contribution >= 4 is 11.6 Å². The van der Waals surface area contributed by atoms with E-state index in [1.54, 1.807) is 6.92 Å². The molecule has 0 saturated heterocycles. The molecule has 20 heavy (non-hydrogen) atoms. The Morgan fingerprint density at radius 2 is 1.90 bits per heavy atom. The lowest BCUT2D eigenvalue weighted by atomic mass is 9.95. The van der Waals surface area contributed by atoms with Crippen molar-refractivity contribution in [3.05, 3.63) is 11.9 Å². The second-order valence-corrected chi connectivity index (χ2v) is 4.62. The van der Waals surface area contributed by atoms with Crippen molar-refractivity contribution in [3.8, 4) is 0 Å². The van der Waals surface area contributed by atoms with Crippen LogP contribution in [0.4, 0.5) is 24.8 Å².